The van der Waals surface area contributed by atoms with Gasteiger partial charge in [0, 0.05) is 23.7 Å². The molecule has 2 N–H and O–H groups in total. The number of rotatable bonds is 14. The molecule has 4 unspecified atom stereocenters. The quantitative estimate of drug-likeness (QED) is 0.0863. The Morgan fingerprint density at radius 3 is 2.53 bits per heavy atom. The highest BCUT2D eigenvalue weighted by atomic mass is 19.1. The molecule has 4 aliphatic carbocycles. The van der Waals surface area contributed by atoms with E-state index in [1.165, 1.54) is 12.2 Å². The van der Waals surface area contributed by atoms with Gasteiger partial charge in [0.15, 0.2) is 29.8 Å². The molecule has 4 fully saturated rings. The van der Waals surface area contributed by atoms with E-state index in [2.05, 4.69) is 10.3 Å². The molecule has 0 spiro atoms. The highest BCUT2D eigenvalue weighted by Crippen LogP contribution is 2.70. The van der Waals surface area contributed by atoms with Gasteiger partial charge in [-0.05, 0) is 75.5 Å². The van der Waals surface area contributed by atoms with E-state index in [1.54, 1.807) is 19.9 Å². The van der Waals surface area contributed by atoms with E-state index in [9.17, 15) is 39.2 Å². The van der Waals surface area contributed by atoms with Gasteiger partial charge in [-0.1, -0.05) is 19.9 Å². The van der Waals surface area contributed by atoms with Gasteiger partial charge >= 0.3 is 17.9 Å². The van der Waals surface area contributed by atoms with E-state index in [1.807, 2.05) is 13.8 Å². The zero-order chi connectivity index (χ0) is 37.5. The lowest BCUT2D eigenvalue weighted by Gasteiger charge is -2.60. The predicted octanol–water partition coefficient (Wildman–Crippen LogP) is 2.18. The van der Waals surface area contributed by atoms with Gasteiger partial charge in [-0.3, -0.25) is 24.0 Å². The van der Waals surface area contributed by atoms with Crippen molar-refractivity contribution in [2.75, 3.05) is 19.8 Å². The van der Waals surface area contributed by atoms with Gasteiger partial charge in [-0.2, -0.15) is 0 Å². The number of allylic oxidation sites excluding steroid dienone is 4. The van der Waals surface area contributed by atoms with Gasteiger partial charge < -0.3 is 33.7 Å². The minimum atomic E-state index is -1.68. The molecule has 3 saturated carbocycles. The molecule has 282 valence electrons. The van der Waals surface area contributed by atoms with Crippen LogP contribution in [0.3, 0.4) is 0 Å². The Labute approximate surface area is 293 Å². The van der Waals surface area contributed by atoms with Crippen LogP contribution in [0, 0.1) is 38.7 Å². The predicted molar refractivity (Wildman–Crippen MR) is 169 cm³/mol. The summed E-state index contributed by atoms with van der Waals surface area (Å²) in [6, 6.07) is -1.51. The number of aliphatic hydroxyl groups excluding tert-OH is 1. The van der Waals surface area contributed by atoms with Crippen LogP contribution in [0.1, 0.15) is 73.1 Å². The molecule has 17 heteroatoms. The zero-order valence-corrected chi connectivity index (χ0v) is 29.2. The number of Topliss-reactive ketones (excluding diaryl/α,β-unsaturated/α-hetero) is 1. The summed E-state index contributed by atoms with van der Waals surface area (Å²) in [6.07, 6.45) is 1.31. The van der Waals surface area contributed by atoms with E-state index in [4.69, 9.17) is 23.8 Å². The summed E-state index contributed by atoms with van der Waals surface area (Å²) in [5.41, 5.74) is -1.17. The maximum atomic E-state index is 15.9. The summed E-state index contributed by atoms with van der Waals surface area (Å²) in [7, 11) is 0. The first-order valence-electron chi connectivity index (χ1n) is 17.1. The van der Waals surface area contributed by atoms with Crippen LogP contribution in [0.25, 0.3) is 0 Å². The van der Waals surface area contributed by atoms with Crippen LogP contribution in [0.4, 0.5) is 4.39 Å². The Bertz CT molecular complexity index is 1510. The number of ether oxygens (including phenoxy) is 4. The molecular weight excluding hydrogens is 679 g/mol. The van der Waals surface area contributed by atoms with E-state index in [-0.39, 0.29) is 50.6 Å². The second-order valence-corrected chi connectivity index (χ2v) is 14.9. The number of carbonyl (C=O) groups excluding carboxylic acids is 5. The average molecular weight is 725 g/mol. The molecule has 1 aliphatic heterocycles. The lowest BCUT2D eigenvalue weighted by molar-refractivity contribution is -0.757. The van der Waals surface area contributed by atoms with Gasteiger partial charge in [0.2, 0.25) is 5.78 Å². The molecule has 5 rings (SSSR count). The Balaban J connectivity index is 1.30. The van der Waals surface area contributed by atoms with Gasteiger partial charge in [-0.15, -0.1) is 15.6 Å². The number of fused-ring (bicyclic) bond motifs is 7. The van der Waals surface area contributed by atoms with Crippen LogP contribution >= 0.6 is 0 Å². The van der Waals surface area contributed by atoms with Crippen LogP contribution in [0.15, 0.2) is 23.8 Å². The van der Waals surface area contributed by atoms with E-state index in [0.29, 0.717) is 12.0 Å². The number of esters is 2. The third-order valence-electron chi connectivity index (χ3n) is 11.2. The highest BCUT2D eigenvalue weighted by molar-refractivity contribution is 6.01. The topological polar surface area (TPSA) is 216 Å². The average Bonchev–Trinajstić information content (AvgIpc) is 3.45. The van der Waals surface area contributed by atoms with Gasteiger partial charge in [0.05, 0.1) is 31.8 Å². The molecule has 10 atom stereocenters. The summed E-state index contributed by atoms with van der Waals surface area (Å²) in [4.78, 5) is 82.8. The van der Waals surface area contributed by atoms with E-state index < -0.39 is 100 Å². The van der Waals surface area contributed by atoms with Crippen molar-refractivity contribution in [3.8, 4) is 0 Å². The monoisotopic (exact) mass is 724 g/mol. The van der Waals surface area contributed by atoms with Crippen molar-refractivity contribution >= 4 is 29.5 Å². The second kappa shape index (κ2) is 14.3. The maximum absolute atomic E-state index is 15.9. The Hall–Kier alpha value is -3.80. The molecule has 0 aromatic heterocycles. The van der Waals surface area contributed by atoms with Crippen molar-refractivity contribution in [2.45, 2.75) is 109 Å². The summed E-state index contributed by atoms with van der Waals surface area (Å²) in [6.45, 7) is 6.85. The van der Waals surface area contributed by atoms with Crippen molar-refractivity contribution in [2.24, 2.45) is 28.6 Å². The number of hydrogen-bond acceptors (Lipinski definition) is 15. The number of aliphatic hydroxyl groups is 1. The molecule has 1 saturated heterocycles. The van der Waals surface area contributed by atoms with Gasteiger partial charge in [0.25, 0.3) is 5.09 Å². The molecule has 0 aromatic carbocycles. The molecule has 0 radical (unpaired) electrons. The van der Waals surface area contributed by atoms with Crippen molar-refractivity contribution < 1.29 is 67.2 Å². The molecule has 16 nitrogen and oxygen atoms in total. The molecule has 51 heavy (non-hydrogen) atoms. The lowest BCUT2D eigenvalue weighted by Crippen LogP contribution is -2.64. The Morgan fingerprint density at radius 1 is 1.14 bits per heavy atom. The van der Waals surface area contributed by atoms with Crippen LogP contribution in [0.5, 0.6) is 0 Å². The third-order valence-corrected chi connectivity index (χ3v) is 11.2. The Morgan fingerprint density at radius 2 is 1.84 bits per heavy atom. The smallest absolute Gasteiger partial charge is 0.327 e. The Kier molecular flexibility index (Phi) is 10.8. The van der Waals surface area contributed by atoms with E-state index in [0.717, 1.165) is 6.92 Å². The third kappa shape index (κ3) is 7.17. The summed E-state index contributed by atoms with van der Waals surface area (Å²) >= 11 is 0. The lowest BCUT2D eigenvalue weighted by atomic mass is 9.46. The van der Waals surface area contributed by atoms with Crippen LogP contribution in [-0.2, 0) is 52.6 Å². The van der Waals surface area contributed by atoms with Crippen LogP contribution in [-0.4, -0.2) is 95.3 Å². The number of hydrogen-bond donors (Lipinski definition) is 2. The first-order valence-corrected chi connectivity index (χ1v) is 17.1. The largest absolute Gasteiger partial charge is 0.464 e. The van der Waals surface area contributed by atoms with Crippen molar-refractivity contribution in [3.05, 3.63) is 33.9 Å². The minimum Gasteiger partial charge on any atom is -0.464 e. The first-order chi connectivity index (χ1) is 23.8. The number of hydroxylamine groups is 1. The highest BCUT2D eigenvalue weighted by Gasteiger charge is 2.77. The van der Waals surface area contributed by atoms with Crippen molar-refractivity contribution in [1.29, 1.82) is 0 Å². The molecule has 1 heterocycles. The molecule has 0 amide bonds. The number of alkyl halides is 1. The van der Waals surface area contributed by atoms with Gasteiger partial charge in [-0.25, -0.2) is 4.39 Å². The second-order valence-electron chi connectivity index (χ2n) is 14.9. The number of unbranched alkanes of at least 4 members (excludes halogenated alkanes) is 1. The van der Waals surface area contributed by atoms with Crippen molar-refractivity contribution in [3.63, 3.8) is 0 Å². The maximum Gasteiger partial charge on any atom is 0.327 e. The summed E-state index contributed by atoms with van der Waals surface area (Å²) < 4.78 is 39.1. The summed E-state index contributed by atoms with van der Waals surface area (Å²) in [5, 5.41) is 21.1. The minimum absolute atomic E-state index is 0.0411. The molecular formula is C34H45FN2O14. The normalized spacial score (nSPS) is 36.4. The fourth-order valence-electron chi connectivity index (χ4n) is 9.35. The van der Waals surface area contributed by atoms with Crippen LogP contribution in [0.2, 0.25) is 0 Å². The molecule has 0 bridgehead atoms. The zero-order valence-electron chi connectivity index (χ0n) is 29.2. The number of nitrogens with zero attached hydrogens (tertiary/aromatic N) is 1. The van der Waals surface area contributed by atoms with Gasteiger partial charge in [0.1, 0.15) is 6.17 Å². The van der Waals surface area contributed by atoms with Crippen molar-refractivity contribution in [1.82, 2.24) is 5.48 Å². The van der Waals surface area contributed by atoms with Crippen LogP contribution < -0.4 is 5.48 Å². The fraction of sp³-hybridized carbons (Fsp3) is 0.735. The SMILES string of the molecule is CC(=O)ONC(CC(=O)OCC(=O)[C@]12OC(C)(C)O[C@@H]1CC1C3C[C@H](F)C4=CC(=O)C=C[C@]4(C)C3[C@@H](O)C[C@@]12C)C(=O)OCCCCO[N+](=O)[O-]. The van der Waals surface area contributed by atoms with E-state index >= 15 is 4.39 Å². The fourth-order valence-corrected chi connectivity index (χ4v) is 9.35. The summed E-state index contributed by atoms with van der Waals surface area (Å²) in [5.74, 6) is -6.15. The molecule has 5 aliphatic rings. The number of carbonyl (C=O) groups is 5. The number of ketones is 2. The number of halogens is 1. The first kappa shape index (κ1) is 38.4. The number of nitrogens with one attached hydrogen (secondary N) is 1. The molecule has 0 aromatic rings. The standard InChI is InChI=1S/C34H45FN2O14/c1-18(38)50-36-24(30(43)46-10-6-7-11-48-37(44)45)15-28(42)47-17-26(41)34-27(49-31(2,3)51-34)14-21-20-13-23(35)22-12-19(39)8-9-32(22,4)29(20)25(40)16-33(21,34)5/h8-9,12,20-21,23-25,27,29,36,40H,6-7,10-11,13-17H2,1-5H3/t20?,21?,23-,24?,25-,27+,29?,32-,33-,34-/m0/s1.